The zero-order chi connectivity index (χ0) is 21.4. The maximum absolute atomic E-state index is 11.1. The van der Waals surface area contributed by atoms with Crippen molar-refractivity contribution in [1.82, 2.24) is 4.57 Å². The lowest BCUT2D eigenvalue weighted by atomic mass is 10.1. The number of hydrogen-bond acceptors (Lipinski definition) is 4. The molecule has 0 amide bonds. The maximum atomic E-state index is 11.1. The molecule has 0 saturated carbocycles. The van der Waals surface area contributed by atoms with Crippen LogP contribution in [0.25, 0.3) is 42.7 Å². The van der Waals surface area contributed by atoms with Gasteiger partial charge in [-0.25, -0.2) is 0 Å². The van der Waals surface area contributed by atoms with Crippen LogP contribution in [0.15, 0.2) is 60.7 Å². The summed E-state index contributed by atoms with van der Waals surface area (Å²) >= 11 is 3.04. The summed E-state index contributed by atoms with van der Waals surface area (Å²) < 4.78 is 2.41. The Labute approximate surface area is 188 Å². The normalized spacial score (nSPS) is 11.4. The quantitative estimate of drug-likeness (QED) is 0.242. The molecule has 5 rings (SSSR count). The monoisotopic (exact) mass is 443 g/mol. The van der Waals surface area contributed by atoms with Crippen LogP contribution in [0.2, 0.25) is 0 Å². The Hall–Kier alpha value is -3.02. The van der Waals surface area contributed by atoms with Crippen LogP contribution < -0.4 is 0 Å². The van der Waals surface area contributed by atoms with Crippen molar-refractivity contribution in [2.24, 2.45) is 0 Å². The van der Waals surface area contributed by atoms with E-state index in [1.807, 2.05) is 24.3 Å². The third-order valence-corrected chi connectivity index (χ3v) is 7.77. The van der Waals surface area contributed by atoms with Crippen molar-refractivity contribution in [1.29, 1.82) is 0 Å². The standard InChI is InChI=1S/C26H21NO2S2/c1-2-3-12-27-23-8-4-17(25-10-6-19(15-28)30-25)13-21(23)22-14-18(5-9-24(22)27)26-11-7-20(16-29)31-26/h4-11,13-16H,2-3,12H2,1H3. The van der Waals surface area contributed by atoms with Gasteiger partial charge >= 0.3 is 0 Å². The van der Waals surface area contributed by atoms with Crippen LogP contribution in [0.3, 0.4) is 0 Å². The fourth-order valence-electron chi connectivity index (χ4n) is 4.11. The second-order valence-corrected chi connectivity index (χ2v) is 9.84. The Balaban J connectivity index is 1.72. The Kier molecular flexibility index (Phi) is 5.30. The Bertz CT molecular complexity index is 1320. The number of benzene rings is 2. The van der Waals surface area contributed by atoms with Crippen LogP contribution in [0.1, 0.15) is 39.1 Å². The van der Waals surface area contributed by atoms with Gasteiger partial charge in [0.05, 0.1) is 9.75 Å². The Morgan fingerprint density at radius 1 is 0.742 bits per heavy atom. The van der Waals surface area contributed by atoms with Crippen LogP contribution in [0.4, 0.5) is 0 Å². The molecule has 0 saturated heterocycles. The molecule has 0 unspecified atom stereocenters. The topological polar surface area (TPSA) is 39.1 Å². The van der Waals surface area contributed by atoms with E-state index >= 15 is 0 Å². The zero-order valence-corrected chi connectivity index (χ0v) is 18.8. The van der Waals surface area contributed by atoms with Gasteiger partial charge in [-0.05, 0) is 66.1 Å². The molecule has 3 nitrogen and oxygen atoms in total. The first-order valence-corrected chi connectivity index (χ1v) is 12.0. The van der Waals surface area contributed by atoms with Crippen molar-refractivity contribution in [3.63, 3.8) is 0 Å². The highest BCUT2D eigenvalue weighted by atomic mass is 32.1. The van der Waals surface area contributed by atoms with Crippen molar-refractivity contribution in [2.45, 2.75) is 26.3 Å². The smallest absolute Gasteiger partial charge is 0.160 e. The Morgan fingerprint density at radius 2 is 1.26 bits per heavy atom. The molecule has 31 heavy (non-hydrogen) atoms. The fourth-order valence-corrected chi connectivity index (χ4v) is 5.75. The first-order valence-electron chi connectivity index (χ1n) is 10.4. The molecule has 5 heteroatoms. The fraction of sp³-hybridized carbons (Fsp3) is 0.154. The highest BCUT2D eigenvalue weighted by molar-refractivity contribution is 7.17. The first-order chi connectivity index (χ1) is 15.2. The molecule has 154 valence electrons. The molecule has 3 aromatic heterocycles. The van der Waals surface area contributed by atoms with Gasteiger partial charge in [-0.3, -0.25) is 9.59 Å². The summed E-state index contributed by atoms with van der Waals surface area (Å²) in [5.41, 5.74) is 4.72. The van der Waals surface area contributed by atoms with Crippen molar-refractivity contribution in [3.8, 4) is 20.9 Å². The predicted octanol–water partition coefficient (Wildman–Crippen LogP) is 7.68. The molecule has 3 heterocycles. The molecule has 0 atom stereocenters. The molecule has 0 fully saturated rings. The van der Waals surface area contributed by atoms with Gasteiger partial charge in [0.25, 0.3) is 0 Å². The van der Waals surface area contributed by atoms with Crippen molar-refractivity contribution in [3.05, 3.63) is 70.4 Å². The van der Waals surface area contributed by atoms with Gasteiger partial charge in [0.2, 0.25) is 0 Å². The number of hydrogen-bond donors (Lipinski definition) is 0. The molecule has 0 radical (unpaired) electrons. The van der Waals surface area contributed by atoms with Crippen LogP contribution in [0, 0.1) is 0 Å². The third kappa shape index (κ3) is 3.54. The number of carbonyl (C=O) groups excluding carboxylic acids is 2. The SMILES string of the molecule is CCCCn1c2ccc(-c3ccc(C=O)s3)cc2c2cc(-c3ccc(C=O)s3)ccc21. The summed E-state index contributed by atoms with van der Waals surface area (Å²) in [6, 6.07) is 21.0. The van der Waals surface area contributed by atoms with E-state index < -0.39 is 0 Å². The highest BCUT2D eigenvalue weighted by Crippen LogP contribution is 2.38. The first kappa shape index (κ1) is 19.9. The predicted molar refractivity (Wildman–Crippen MR) is 132 cm³/mol. The number of nitrogens with zero attached hydrogens (tertiary/aromatic N) is 1. The number of fused-ring (bicyclic) bond motifs is 3. The second-order valence-electron chi connectivity index (χ2n) is 7.61. The highest BCUT2D eigenvalue weighted by Gasteiger charge is 2.14. The molecular formula is C26H21NO2S2. The van der Waals surface area contributed by atoms with E-state index in [1.54, 1.807) is 0 Å². The van der Waals surface area contributed by atoms with Crippen molar-refractivity contribution >= 4 is 57.1 Å². The number of aldehydes is 2. The molecule has 0 aliphatic heterocycles. The van der Waals surface area contributed by atoms with Crippen LogP contribution in [-0.2, 0) is 6.54 Å². The van der Waals surface area contributed by atoms with Gasteiger partial charge < -0.3 is 4.57 Å². The van der Waals surface area contributed by atoms with E-state index in [4.69, 9.17) is 0 Å². The molecule has 0 aliphatic rings. The van der Waals surface area contributed by atoms with E-state index in [-0.39, 0.29) is 0 Å². The van der Waals surface area contributed by atoms with Crippen LogP contribution >= 0.6 is 22.7 Å². The number of thiophene rings is 2. The van der Waals surface area contributed by atoms with Gasteiger partial charge in [0.1, 0.15) is 0 Å². The second kappa shape index (κ2) is 8.25. The summed E-state index contributed by atoms with van der Waals surface area (Å²) in [7, 11) is 0. The lowest BCUT2D eigenvalue weighted by Gasteiger charge is -2.07. The third-order valence-electron chi connectivity index (χ3n) is 5.66. The minimum Gasteiger partial charge on any atom is -0.340 e. The molecule has 0 aliphatic carbocycles. The largest absolute Gasteiger partial charge is 0.340 e. The zero-order valence-electron chi connectivity index (χ0n) is 17.1. The summed E-state index contributed by atoms with van der Waals surface area (Å²) in [5.74, 6) is 0. The number of rotatable bonds is 7. The van der Waals surface area contributed by atoms with Crippen LogP contribution in [0.5, 0.6) is 0 Å². The van der Waals surface area contributed by atoms with Gasteiger partial charge in [-0.15, -0.1) is 22.7 Å². The van der Waals surface area contributed by atoms with E-state index in [1.165, 1.54) is 44.5 Å². The van der Waals surface area contributed by atoms with Crippen molar-refractivity contribution in [2.75, 3.05) is 0 Å². The van der Waals surface area contributed by atoms with E-state index in [2.05, 4.69) is 47.9 Å². The number of aryl methyl sites for hydroxylation is 1. The summed E-state index contributed by atoms with van der Waals surface area (Å²) in [6.45, 7) is 3.20. The maximum Gasteiger partial charge on any atom is 0.160 e. The molecule has 0 spiro atoms. The van der Waals surface area contributed by atoms with E-state index in [0.29, 0.717) is 0 Å². The summed E-state index contributed by atoms with van der Waals surface area (Å²) in [5, 5.41) is 2.44. The summed E-state index contributed by atoms with van der Waals surface area (Å²) in [4.78, 5) is 25.9. The number of unbranched alkanes of at least 4 members (excludes halogenated alkanes) is 1. The van der Waals surface area contributed by atoms with E-state index in [0.717, 1.165) is 62.6 Å². The molecule has 0 N–H and O–H groups in total. The van der Waals surface area contributed by atoms with Crippen molar-refractivity contribution < 1.29 is 9.59 Å². The van der Waals surface area contributed by atoms with E-state index in [9.17, 15) is 9.59 Å². The van der Waals surface area contributed by atoms with Gasteiger partial charge in [0, 0.05) is 38.1 Å². The minimum absolute atomic E-state index is 0.742. The average Bonchev–Trinajstić information content (AvgIpc) is 3.54. The molecule has 5 aromatic rings. The lowest BCUT2D eigenvalue weighted by molar-refractivity contribution is 0.111. The molecular weight excluding hydrogens is 422 g/mol. The van der Waals surface area contributed by atoms with Gasteiger partial charge in [-0.2, -0.15) is 0 Å². The Morgan fingerprint density at radius 3 is 1.68 bits per heavy atom. The minimum atomic E-state index is 0.742. The molecule has 0 bridgehead atoms. The number of carbonyl (C=O) groups is 2. The van der Waals surface area contributed by atoms with Crippen LogP contribution in [-0.4, -0.2) is 17.1 Å². The lowest BCUT2D eigenvalue weighted by Crippen LogP contribution is -1.96. The summed E-state index contributed by atoms with van der Waals surface area (Å²) in [6.07, 6.45) is 4.09. The molecule has 2 aromatic carbocycles. The average molecular weight is 444 g/mol. The van der Waals surface area contributed by atoms with Gasteiger partial charge in [0.15, 0.2) is 12.6 Å². The number of aromatic nitrogens is 1. The van der Waals surface area contributed by atoms with Gasteiger partial charge in [-0.1, -0.05) is 25.5 Å².